The first-order valence-electron chi connectivity index (χ1n) is 7.36. The highest BCUT2D eigenvalue weighted by Crippen LogP contribution is 2.29. The summed E-state index contributed by atoms with van der Waals surface area (Å²) < 4.78 is 0. The smallest absolute Gasteiger partial charge is 0.0397 e. The molecular weight excluding hydrogens is 220 g/mol. The Morgan fingerprint density at radius 1 is 1.33 bits per heavy atom. The molecule has 1 heterocycles. The Labute approximate surface area is 110 Å². The highest BCUT2D eigenvalue weighted by molar-refractivity contribution is 5.58. The third-order valence-electron chi connectivity index (χ3n) is 4.55. The van der Waals surface area contributed by atoms with E-state index in [0.29, 0.717) is 0 Å². The number of likely N-dealkylation sites (N-methyl/N-ethyl adjacent to an activating group) is 1. The Balaban J connectivity index is 1.47. The van der Waals surface area contributed by atoms with E-state index in [-0.39, 0.29) is 0 Å². The van der Waals surface area contributed by atoms with Gasteiger partial charge in [-0.25, -0.2) is 0 Å². The Hall–Kier alpha value is -1.02. The average molecular weight is 244 g/mol. The van der Waals surface area contributed by atoms with Gasteiger partial charge in [-0.15, -0.1) is 0 Å². The van der Waals surface area contributed by atoms with E-state index in [1.807, 2.05) is 0 Å². The maximum atomic E-state index is 3.59. The van der Waals surface area contributed by atoms with Crippen LogP contribution in [-0.2, 0) is 13.0 Å². The lowest BCUT2D eigenvalue weighted by Gasteiger charge is -2.25. The zero-order chi connectivity index (χ0) is 12.4. The second-order valence-corrected chi connectivity index (χ2v) is 5.90. The monoisotopic (exact) mass is 244 g/mol. The molecule has 0 atom stereocenters. The van der Waals surface area contributed by atoms with Crippen molar-refractivity contribution in [3.8, 4) is 0 Å². The van der Waals surface area contributed by atoms with Crippen LogP contribution in [-0.4, -0.2) is 20.1 Å². The van der Waals surface area contributed by atoms with Crippen LogP contribution in [0.15, 0.2) is 18.2 Å². The van der Waals surface area contributed by atoms with E-state index in [2.05, 4.69) is 35.5 Å². The van der Waals surface area contributed by atoms with Crippen LogP contribution in [0, 0.1) is 5.92 Å². The minimum absolute atomic E-state index is 1.02. The van der Waals surface area contributed by atoms with Crippen LogP contribution in [0.2, 0.25) is 0 Å². The summed E-state index contributed by atoms with van der Waals surface area (Å²) in [5, 5.41) is 3.59. The highest BCUT2D eigenvalue weighted by atomic mass is 15.1. The number of nitrogens with one attached hydrogen (secondary N) is 1. The maximum absolute atomic E-state index is 3.59. The first kappa shape index (κ1) is 12.0. The minimum Gasteiger partial charge on any atom is -0.374 e. The summed E-state index contributed by atoms with van der Waals surface area (Å²) in [4.78, 5) is 2.35. The van der Waals surface area contributed by atoms with Crippen LogP contribution >= 0.6 is 0 Å². The molecule has 1 aliphatic heterocycles. The molecule has 1 saturated carbocycles. The molecule has 1 fully saturated rings. The van der Waals surface area contributed by atoms with Crippen LogP contribution < -0.4 is 10.2 Å². The molecule has 2 nitrogen and oxygen atoms in total. The molecule has 2 aliphatic rings. The first-order valence-corrected chi connectivity index (χ1v) is 7.36. The van der Waals surface area contributed by atoms with Gasteiger partial charge in [-0.1, -0.05) is 31.4 Å². The van der Waals surface area contributed by atoms with Gasteiger partial charge in [-0.3, -0.25) is 0 Å². The molecule has 1 aromatic rings. The fourth-order valence-electron chi connectivity index (χ4n) is 3.05. The second kappa shape index (κ2) is 5.31. The predicted octanol–water partition coefficient (Wildman–Crippen LogP) is 2.96. The lowest BCUT2D eigenvalue weighted by atomic mass is 9.83. The standard InChI is InChI=1S/C16H24N2/c1-18-10-8-15-11-14(5-6-16(15)18)12-17-9-7-13-3-2-4-13/h5-6,11,13,17H,2-4,7-10,12H2,1H3. The predicted molar refractivity (Wildman–Crippen MR) is 77.1 cm³/mol. The van der Waals surface area contributed by atoms with Gasteiger partial charge in [0.25, 0.3) is 0 Å². The molecular formula is C16H24N2. The first-order chi connectivity index (χ1) is 8.83. The van der Waals surface area contributed by atoms with Crippen molar-refractivity contribution >= 4 is 5.69 Å². The quantitative estimate of drug-likeness (QED) is 0.801. The van der Waals surface area contributed by atoms with Crippen molar-refractivity contribution in [3.05, 3.63) is 29.3 Å². The van der Waals surface area contributed by atoms with Crippen LogP contribution in [0.5, 0.6) is 0 Å². The molecule has 1 N–H and O–H groups in total. The molecule has 98 valence electrons. The van der Waals surface area contributed by atoms with Gasteiger partial charge in [-0.2, -0.15) is 0 Å². The van der Waals surface area contributed by atoms with E-state index in [1.165, 1.54) is 62.0 Å². The minimum atomic E-state index is 1.02. The number of benzene rings is 1. The van der Waals surface area contributed by atoms with Crippen molar-refractivity contribution in [2.45, 2.75) is 38.6 Å². The van der Waals surface area contributed by atoms with Crippen molar-refractivity contribution in [1.82, 2.24) is 5.32 Å². The van der Waals surface area contributed by atoms with Crippen LogP contribution in [0.4, 0.5) is 5.69 Å². The van der Waals surface area contributed by atoms with Crippen molar-refractivity contribution in [3.63, 3.8) is 0 Å². The Kier molecular flexibility index (Phi) is 3.55. The van der Waals surface area contributed by atoms with E-state index < -0.39 is 0 Å². The lowest BCUT2D eigenvalue weighted by Crippen LogP contribution is -2.21. The topological polar surface area (TPSA) is 15.3 Å². The zero-order valence-electron chi connectivity index (χ0n) is 11.4. The number of nitrogens with zero attached hydrogens (tertiary/aromatic N) is 1. The third kappa shape index (κ3) is 2.54. The van der Waals surface area contributed by atoms with Crippen LogP contribution in [0.1, 0.15) is 36.8 Å². The van der Waals surface area contributed by atoms with E-state index in [9.17, 15) is 0 Å². The van der Waals surface area contributed by atoms with Crippen molar-refractivity contribution < 1.29 is 0 Å². The van der Waals surface area contributed by atoms with Crippen molar-refractivity contribution in [2.75, 3.05) is 25.0 Å². The maximum Gasteiger partial charge on any atom is 0.0397 e. The molecule has 3 rings (SSSR count). The number of fused-ring (bicyclic) bond motifs is 1. The molecule has 0 unspecified atom stereocenters. The van der Waals surface area contributed by atoms with Gasteiger partial charge < -0.3 is 10.2 Å². The van der Waals surface area contributed by atoms with E-state index in [0.717, 1.165) is 12.5 Å². The Morgan fingerprint density at radius 2 is 2.22 bits per heavy atom. The molecule has 1 aliphatic carbocycles. The fraction of sp³-hybridized carbons (Fsp3) is 0.625. The number of hydrogen-bond donors (Lipinski definition) is 1. The molecule has 1 aromatic carbocycles. The molecule has 0 aromatic heterocycles. The normalized spacial score (nSPS) is 18.8. The van der Waals surface area contributed by atoms with Gasteiger partial charge in [-0.05, 0) is 42.5 Å². The molecule has 0 spiro atoms. The zero-order valence-corrected chi connectivity index (χ0v) is 11.4. The fourth-order valence-corrected chi connectivity index (χ4v) is 3.05. The van der Waals surface area contributed by atoms with Gasteiger partial charge >= 0.3 is 0 Å². The summed E-state index contributed by atoms with van der Waals surface area (Å²) in [5.74, 6) is 1.02. The molecule has 0 bridgehead atoms. The second-order valence-electron chi connectivity index (χ2n) is 5.90. The summed E-state index contributed by atoms with van der Waals surface area (Å²) in [6.07, 6.45) is 6.97. The summed E-state index contributed by atoms with van der Waals surface area (Å²) in [6.45, 7) is 3.39. The Bertz CT molecular complexity index is 410. The molecule has 18 heavy (non-hydrogen) atoms. The van der Waals surface area contributed by atoms with E-state index >= 15 is 0 Å². The van der Waals surface area contributed by atoms with Crippen molar-refractivity contribution in [1.29, 1.82) is 0 Å². The van der Waals surface area contributed by atoms with Gasteiger partial charge in [0.15, 0.2) is 0 Å². The molecule has 0 amide bonds. The summed E-state index contributed by atoms with van der Waals surface area (Å²) >= 11 is 0. The summed E-state index contributed by atoms with van der Waals surface area (Å²) in [6, 6.07) is 6.94. The van der Waals surface area contributed by atoms with Crippen LogP contribution in [0.25, 0.3) is 0 Å². The third-order valence-corrected chi connectivity index (χ3v) is 4.55. The van der Waals surface area contributed by atoms with Gasteiger partial charge in [0.05, 0.1) is 0 Å². The Morgan fingerprint density at radius 3 is 3.00 bits per heavy atom. The average Bonchev–Trinajstić information content (AvgIpc) is 2.68. The van der Waals surface area contributed by atoms with Gasteiger partial charge in [0.1, 0.15) is 0 Å². The van der Waals surface area contributed by atoms with Gasteiger partial charge in [0.2, 0.25) is 0 Å². The van der Waals surface area contributed by atoms with Crippen molar-refractivity contribution in [2.24, 2.45) is 5.92 Å². The largest absolute Gasteiger partial charge is 0.374 e. The van der Waals surface area contributed by atoms with E-state index in [1.54, 1.807) is 0 Å². The summed E-state index contributed by atoms with van der Waals surface area (Å²) in [7, 11) is 2.18. The molecule has 0 saturated heterocycles. The SMILES string of the molecule is CN1CCc2cc(CNCCC3CCC3)ccc21. The van der Waals surface area contributed by atoms with Crippen LogP contribution in [0.3, 0.4) is 0 Å². The number of hydrogen-bond acceptors (Lipinski definition) is 2. The molecule has 2 heteroatoms. The highest BCUT2D eigenvalue weighted by Gasteiger charge is 2.17. The number of rotatable bonds is 5. The lowest BCUT2D eigenvalue weighted by molar-refractivity contribution is 0.292. The number of anilines is 1. The summed E-state index contributed by atoms with van der Waals surface area (Å²) in [5.41, 5.74) is 4.39. The van der Waals surface area contributed by atoms with E-state index in [4.69, 9.17) is 0 Å². The molecule has 0 radical (unpaired) electrons. The van der Waals surface area contributed by atoms with Gasteiger partial charge in [0, 0.05) is 25.8 Å².